The smallest absolute Gasteiger partial charge is 0.0856 e. The quantitative estimate of drug-likeness (QED) is 0.836. The SMILES string of the molecule is CC[C@]1(O)CCCN2CCc3c([nH]c4ccccc34)[C@@H]21. The molecule has 0 aliphatic carbocycles. The molecule has 3 nitrogen and oxygen atoms in total. The third-order valence-corrected chi connectivity index (χ3v) is 5.31. The molecule has 1 fully saturated rings. The number of fused-ring (bicyclic) bond motifs is 5. The zero-order valence-electron chi connectivity index (χ0n) is 12.0. The Bertz CT molecular complexity index is 647. The van der Waals surface area contributed by atoms with Crippen LogP contribution in [0.25, 0.3) is 10.9 Å². The average Bonchev–Trinajstić information content (AvgIpc) is 2.85. The second kappa shape index (κ2) is 4.34. The summed E-state index contributed by atoms with van der Waals surface area (Å²) in [5.74, 6) is 0. The van der Waals surface area contributed by atoms with Gasteiger partial charge >= 0.3 is 0 Å². The van der Waals surface area contributed by atoms with Crippen LogP contribution >= 0.6 is 0 Å². The van der Waals surface area contributed by atoms with E-state index in [2.05, 4.69) is 41.1 Å². The lowest BCUT2D eigenvalue weighted by Crippen LogP contribution is -2.53. The number of piperidine rings is 1. The summed E-state index contributed by atoms with van der Waals surface area (Å²) < 4.78 is 0. The van der Waals surface area contributed by atoms with Crippen LogP contribution in [0.1, 0.15) is 43.5 Å². The van der Waals surface area contributed by atoms with Gasteiger partial charge in [-0.25, -0.2) is 0 Å². The fourth-order valence-electron chi connectivity index (χ4n) is 4.24. The Balaban J connectivity index is 1.91. The van der Waals surface area contributed by atoms with Gasteiger partial charge in [-0.15, -0.1) is 0 Å². The summed E-state index contributed by atoms with van der Waals surface area (Å²) >= 11 is 0. The summed E-state index contributed by atoms with van der Waals surface area (Å²) in [6.07, 6.45) is 3.94. The van der Waals surface area contributed by atoms with Gasteiger partial charge in [-0.1, -0.05) is 25.1 Å². The van der Waals surface area contributed by atoms with E-state index in [-0.39, 0.29) is 6.04 Å². The highest BCUT2D eigenvalue weighted by Crippen LogP contribution is 2.45. The summed E-state index contributed by atoms with van der Waals surface area (Å²) in [6, 6.07) is 8.68. The molecule has 0 bridgehead atoms. The molecule has 1 saturated heterocycles. The van der Waals surface area contributed by atoms with E-state index >= 15 is 0 Å². The largest absolute Gasteiger partial charge is 0.388 e. The summed E-state index contributed by atoms with van der Waals surface area (Å²) in [5.41, 5.74) is 3.33. The minimum atomic E-state index is -0.575. The first kappa shape index (κ1) is 12.4. The predicted molar refractivity (Wildman–Crippen MR) is 80.8 cm³/mol. The Morgan fingerprint density at radius 1 is 1.35 bits per heavy atom. The molecule has 106 valence electrons. The third kappa shape index (κ3) is 1.60. The number of aliphatic hydroxyl groups is 1. The molecule has 0 unspecified atom stereocenters. The summed E-state index contributed by atoms with van der Waals surface area (Å²) in [5, 5.41) is 12.4. The van der Waals surface area contributed by atoms with Crippen LogP contribution in [0.5, 0.6) is 0 Å². The molecule has 4 rings (SSSR count). The first-order valence-corrected chi connectivity index (χ1v) is 7.79. The Morgan fingerprint density at radius 3 is 3.05 bits per heavy atom. The molecule has 20 heavy (non-hydrogen) atoms. The van der Waals surface area contributed by atoms with Crippen LogP contribution in [0.3, 0.4) is 0 Å². The van der Waals surface area contributed by atoms with Gasteiger partial charge in [0.2, 0.25) is 0 Å². The van der Waals surface area contributed by atoms with Gasteiger partial charge in [0.15, 0.2) is 0 Å². The molecule has 1 aromatic heterocycles. The molecular weight excluding hydrogens is 248 g/mol. The maximum atomic E-state index is 11.1. The molecule has 2 aliphatic heterocycles. The van der Waals surface area contributed by atoms with Crippen molar-refractivity contribution in [1.29, 1.82) is 0 Å². The number of aromatic nitrogens is 1. The van der Waals surface area contributed by atoms with Crippen LogP contribution in [0.4, 0.5) is 0 Å². The van der Waals surface area contributed by atoms with Crippen molar-refractivity contribution in [2.24, 2.45) is 0 Å². The van der Waals surface area contributed by atoms with E-state index < -0.39 is 5.60 Å². The van der Waals surface area contributed by atoms with Crippen molar-refractivity contribution in [2.45, 2.75) is 44.2 Å². The third-order valence-electron chi connectivity index (χ3n) is 5.31. The van der Waals surface area contributed by atoms with Crippen molar-refractivity contribution >= 4 is 10.9 Å². The molecular formula is C17H22N2O. The first-order valence-electron chi connectivity index (χ1n) is 7.79. The van der Waals surface area contributed by atoms with Crippen LogP contribution in [0, 0.1) is 0 Å². The Morgan fingerprint density at radius 2 is 2.20 bits per heavy atom. The van der Waals surface area contributed by atoms with Crippen LogP contribution in [-0.4, -0.2) is 33.7 Å². The van der Waals surface area contributed by atoms with Gasteiger partial charge in [-0.05, 0) is 43.9 Å². The topological polar surface area (TPSA) is 39.3 Å². The van der Waals surface area contributed by atoms with E-state index in [1.807, 2.05) is 0 Å². The number of nitrogens with one attached hydrogen (secondary N) is 1. The fourth-order valence-corrected chi connectivity index (χ4v) is 4.24. The fraction of sp³-hybridized carbons (Fsp3) is 0.529. The second-order valence-electron chi connectivity index (χ2n) is 6.31. The molecule has 2 atom stereocenters. The summed E-state index contributed by atoms with van der Waals surface area (Å²) in [6.45, 7) is 4.30. The Labute approximate surface area is 119 Å². The van der Waals surface area contributed by atoms with Gasteiger partial charge in [0.05, 0.1) is 11.6 Å². The molecule has 3 heterocycles. The monoisotopic (exact) mass is 270 g/mol. The number of para-hydroxylation sites is 1. The molecule has 0 saturated carbocycles. The number of benzene rings is 1. The highest BCUT2D eigenvalue weighted by molar-refractivity contribution is 5.85. The van der Waals surface area contributed by atoms with Gasteiger partial charge in [0.1, 0.15) is 0 Å². The van der Waals surface area contributed by atoms with Crippen LogP contribution in [0.15, 0.2) is 24.3 Å². The number of hydrogen-bond acceptors (Lipinski definition) is 2. The maximum Gasteiger partial charge on any atom is 0.0856 e. The molecule has 0 amide bonds. The highest BCUT2D eigenvalue weighted by atomic mass is 16.3. The van der Waals surface area contributed by atoms with Crippen molar-refractivity contribution < 1.29 is 5.11 Å². The van der Waals surface area contributed by atoms with E-state index in [0.29, 0.717) is 0 Å². The van der Waals surface area contributed by atoms with Gasteiger partial charge in [-0.2, -0.15) is 0 Å². The lowest BCUT2D eigenvalue weighted by atomic mass is 9.77. The molecule has 1 aromatic carbocycles. The van der Waals surface area contributed by atoms with E-state index in [1.165, 1.54) is 22.2 Å². The Hall–Kier alpha value is -1.32. The van der Waals surface area contributed by atoms with Crippen LogP contribution < -0.4 is 0 Å². The normalized spacial score (nSPS) is 30.2. The molecule has 3 heteroatoms. The Kier molecular flexibility index (Phi) is 2.69. The first-order chi connectivity index (χ1) is 9.73. The van der Waals surface area contributed by atoms with E-state index in [1.54, 1.807) is 0 Å². The van der Waals surface area contributed by atoms with Crippen molar-refractivity contribution in [1.82, 2.24) is 9.88 Å². The maximum absolute atomic E-state index is 11.1. The highest BCUT2D eigenvalue weighted by Gasteiger charge is 2.46. The van der Waals surface area contributed by atoms with Gasteiger partial charge in [0, 0.05) is 23.1 Å². The van der Waals surface area contributed by atoms with Crippen LogP contribution in [0.2, 0.25) is 0 Å². The molecule has 2 aromatic rings. The minimum absolute atomic E-state index is 0.150. The summed E-state index contributed by atoms with van der Waals surface area (Å²) in [7, 11) is 0. The van der Waals surface area contributed by atoms with Gasteiger partial charge in [-0.3, -0.25) is 4.90 Å². The zero-order valence-corrected chi connectivity index (χ0v) is 12.0. The molecule has 0 spiro atoms. The number of H-pyrrole nitrogens is 1. The molecule has 2 N–H and O–H groups in total. The predicted octanol–water partition coefficient (Wildman–Crippen LogP) is 3.00. The number of hydrogen-bond donors (Lipinski definition) is 2. The van der Waals surface area contributed by atoms with Crippen molar-refractivity contribution in [3.05, 3.63) is 35.5 Å². The van der Waals surface area contributed by atoms with Crippen LogP contribution in [-0.2, 0) is 6.42 Å². The number of rotatable bonds is 1. The van der Waals surface area contributed by atoms with E-state index in [0.717, 1.165) is 38.8 Å². The van der Waals surface area contributed by atoms with E-state index in [4.69, 9.17) is 0 Å². The lowest BCUT2D eigenvalue weighted by Gasteiger charge is -2.49. The van der Waals surface area contributed by atoms with Crippen molar-refractivity contribution in [2.75, 3.05) is 13.1 Å². The molecule has 0 radical (unpaired) electrons. The van der Waals surface area contributed by atoms with Crippen molar-refractivity contribution in [3.63, 3.8) is 0 Å². The summed E-state index contributed by atoms with van der Waals surface area (Å²) in [4.78, 5) is 6.08. The lowest BCUT2D eigenvalue weighted by molar-refractivity contribution is -0.0903. The number of nitrogens with zero attached hydrogens (tertiary/aromatic N) is 1. The number of aromatic amines is 1. The van der Waals surface area contributed by atoms with Gasteiger partial charge in [0.25, 0.3) is 0 Å². The minimum Gasteiger partial charge on any atom is -0.388 e. The van der Waals surface area contributed by atoms with E-state index in [9.17, 15) is 5.11 Å². The average molecular weight is 270 g/mol. The van der Waals surface area contributed by atoms with Gasteiger partial charge < -0.3 is 10.1 Å². The molecule has 2 aliphatic rings. The second-order valence-corrected chi connectivity index (χ2v) is 6.31. The van der Waals surface area contributed by atoms with Crippen molar-refractivity contribution in [3.8, 4) is 0 Å². The zero-order chi connectivity index (χ0) is 13.7. The standard InChI is InChI=1S/C17H22N2O/c1-2-17(20)9-5-10-19-11-8-13-12-6-3-4-7-14(12)18-15(13)16(17)19/h3-4,6-7,16,18,20H,2,5,8-11H2,1H3/t16-,17+/m1/s1.